The molecular weight excluding hydrogens is 492 g/mol. The van der Waals surface area contributed by atoms with Crippen LogP contribution in [0.4, 0.5) is 14.9 Å². The van der Waals surface area contributed by atoms with Gasteiger partial charge in [-0.1, -0.05) is 29.3 Å². The molecule has 1 N–H and O–H groups in total. The largest absolute Gasteiger partial charge is 0.449 e. The summed E-state index contributed by atoms with van der Waals surface area (Å²) >= 11 is 12.0. The Balaban J connectivity index is 1.38. The van der Waals surface area contributed by atoms with Gasteiger partial charge in [0.15, 0.2) is 0 Å². The fourth-order valence-corrected chi connectivity index (χ4v) is 4.20. The SMILES string of the molecule is CC(NC(=O)c1ccc(F)cc1)c1ccc2c(n1)CCCN2C(=O)OCCc1ccc(Cl)c(Cl)c1. The number of rotatable bonds is 6. The van der Waals surface area contributed by atoms with Gasteiger partial charge in [-0.25, -0.2) is 9.18 Å². The number of hydrogen-bond acceptors (Lipinski definition) is 4. The Bertz CT molecular complexity index is 1240. The number of benzene rings is 2. The smallest absolute Gasteiger partial charge is 0.414 e. The van der Waals surface area contributed by atoms with Crippen LogP contribution in [0.25, 0.3) is 0 Å². The summed E-state index contributed by atoms with van der Waals surface area (Å²) in [5.74, 6) is -0.715. The van der Waals surface area contributed by atoms with Crippen molar-refractivity contribution in [1.29, 1.82) is 0 Å². The maximum atomic E-state index is 13.1. The van der Waals surface area contributed by atoms with E-state index in [1.165, 1.54) is 24.3 Å². The van der Waals surface area contributed by atoms with Crippen molar-refractivity contribution in [3.05, 3.63) is 93.0 Å². The molecule has 6 nitrogen and oxygen atoms in total. The molecule has 0 fully saturated rings. The molecule has 1 atom stereocenters. The number of aromatic nitrogens is 1. The van der Waals surface area contributed by atoms with Gasteiger partial charge in [0.2, 0.25) is 0 Å². The molecule has 0 spiro atoms. The fraction of sp³-hybridized carbons (Fsp3) is 0.269. The lowest BCUT2D eigenvalue weighted by atomic mass is 10.1. The van der Waals surface area contributed by atoms with Crippen molar-refractivity contribution in [2.75, 3.05) is 18.1 Å². The van der Waals surface area contributed by atoms with E-state index in [2.05, 4.69) is 5.32 Å². The van der Waals surface area contributed by atoms with Gasteiger partial charge >= 0.3 is 6.09 Å². The molecule has 1 unspecified atom stereocenters. The number of nitrogens with one attached hydrogen (secondary N) is 1. The van der Waals surface area contributed by atoms with Gasteiger partial charge in [0.1, 0.15) is 5.82 Å². The third-order valence-corrected chi connectivity index (χ3v) is 6.52. The molecule has 0 bridgehead atoms. The first-order chi connectivity index (χ1) is 16.8. The zero-order chi connectivity index (χ0) is 24.9. The second kappa shape index (κ2) is 11.1. The van der Waals surface area contributed by atoms with Crippen LogP contribution in [0.2, 0.25) is 10.0 Å². The van der Waals surface area contributed by atoms with E-state index in [-0.39, 0.29) is 18.6 Å². The number of nitrogens with zero attached hydrogens (tertiary/aromatic N) is 2. The second-order valence-electron chi connectivity index (χ2n) is 8.27. The third kappa shape index (κ3) is 6.10. The molecule has 2 aromatic carbocycles. The van der Waals surface area contributed by atoms with Crippen molar-refractivity contribution in [2.24, 2.45) is 0 Å². The van der Waals surface area contributed by atoms with Crippen LogP contribution < -0.4 is 10.2 Å². The number of fused-ring (bicyclic) bond motifs is 1. The van der Waals surface area contributed by atoms with Crippen LogP contribution in [-0.2, 0) is 17.6 Å². The number of pyridine rings is 1. The molecule has 0 radical (unpaired) electrons. The monoisotopic (exact) mass is 515 g/mol. The Hall–Kier alpha value is -3.16. The summed E-state index contributed by atoms with van der Waals surface area (Å²) < 4.78 is 18.6. The first-order valence-corrected chi connectivity index (χ1v) is 12.0. The Labute approximate surface area is 213 Å². The van der Waals surface area contributed by atoms with Crippen molar-refractivity contribution < 1.29 is 18.7 Å². The maximum absolute atomic E-state index is 13.1. The van der Waals surface area contributed by atoms with Gasteiger partial charge in [-0.2, -0.15) is 0 Å². The standard InChI is InChI=1S/C26H24Cl2FN3O3/c1-16(30-25(33)18-5-7-19(29)8-6-18)22-10-11-24-23(31-22)3-2-13-32(24)26(34)35-14-12-17-4-9-20(27)21(28)15-17/h4-11,15-16H,2-3,12-14H2,1H3,(H,30,33). The van der Waals surface area contributed by atoms with E-state index in [4.69, 9.17) is 32.9 Å². The minimum Gasteiger partial charge on any atom is -0.449 e. The summed E-state index contributed by atoms with van der Waals surface area (Å²) in [4.78, 5) is 31.5. The highest BCUT2D eigenvalue weighted by molar-refractivity contribution is 6.42. The summed E-state index contributed by atoms with van der Waals surface area (Å²) in [7, 11) is 0. The summed E-state index contributed by atoms with van der Waals surface area (Å²) in [5.41, 5.74) is 3.45. The van der Waals surface area contributed by atoms with Crippen LogP contribution in [0, 0.1) is 5.82 Å². The van der Waals surface area contributed by atoms with Crippen LogP contribution in [-0.4, -0.2) is 30.1 Å². The minimum absolute atomic E-state index is 0.209. The van der Waals surface area contributed by atoms with E-state index in [0.717, 1.165) is 24.1 Å². The van der Waals surface area contributed by atoms with Gasteiger partial charge in [0.25, 0.3) is 5.91 Å². The molecule has 3 aromatic rings. The lowest BCUT2D eigenvalue weighted by molar-refractivity contribution is 0.0939. The zero-order valence-corrected chi connectivity index (χ0v) is 20.6. The molecule has 0 saturated carbocycles. The van der Waals surface area contributed by atoms with Gasteiger partial charge in [-0.15, -0.1) is 0 Å². The third-order valence-electron chi connectivity index (χ3n) is 5.78. The van der Waals surface area contributed by atoms with E-state index in [1.54, 1.807) is 23.1 Å². The predicted octanol–water partition coefficient (Wildman–Crippen LogP) is 6.15. The van der Waals surface area contributed by atoms with Gasteiger partial charge in [-0.05, 0) is 73.9 Å². The summed E-state index contributed by atoms with van der Waals surface area (Å²) in [6.45, 7) is 2.57. The quantitative estimate of drug-likeness (QED) is 0.427. The molecule has 35 heavy (non-hydrogen) atoms. The Kier molecular flexibility index (Phi) is 7.88. The highest BCUT2D eigenvalue weighted by Gasteiger charge is 2.26. The van der Waals surface area contributed by atoms with Crippen molar-refractivity contribution in [3.63, 3.8) is 0 Å². The van der Waals surface area contributed by atoms with E-state index >= 15 is 0 Å². The molecule has 2 heterocycles. The first-order valence-electron chi connectivity index (χ1n) is 11.3. The number of hydrogen-bond donors (Lipinski definition) is 1. The van der Waals surface area contributed by atoms with Gasteiger partial charge in [-0.3, -0.25) is 14.7 Å². The Morgan fingerprint density at radius 1 is 1.11 bits per heavy atom. The zero-order valence-electron chi connectivity index (χ0n) is 19.1. The highest BCUT2D eigenvalue weighted by atomic mass is 35.5. The molecule has 1 aliphatic rings. The van der Waals surface area contributed by atoms with Crippen LogP contribution in [0.15, 0.2) is 54.6 Å². The highest BCUT2D eigenvalue weighted by Crippen LogP contribution is 2.28. The Morgan fingerprint density at radius 3 is 2.63 bits per heavy atom. The number of halogens is 3. The molecule has 0 aliphatic carbocycles. The number of amides is 2. The minimum atomic E-state index is -0.432. The number of carbonyl (C=O) groups excluding carboxylic acids is 2. The normalized spacial score (nSPS) is 13.7. The van der Waals surface area contributed by atoms with E-state index < -0.39 is 11.9 Å². The summed E-state index contributed by atoms with van der Waals surface area (Å²) in [6.07, 6.45) is 1.56. The van der Waals surface area contributed by atoms with Crippen LogP contribution in [0.5, 0.6) is 0 Å². The molecule has 1 aromatic heterocycles. The average molecular weight is 516 g/mol. The molecule has 9 heteroatoms. The average Bonchev–Trinajstić information content (AvgIpc) is 2.85. The summed E-state index contributed by atoms with van der Waals surface area (Å²) in [6, 6.07) is 13.9. The number of ether oxygens (including phenoxy) is 1. The number of anilines is 1. The molecule has 2 amide bonds. The van der Waals surface area contributed by atoms with Crippen molar-refractivity contribution >= 4 is 40.9 Å². The van der Waals surface area contributed by atoms with Gasteiger partial charge in [0, 0.05) is 18.5 Å². The van der Waals surface area contributed by atoms with Crippen molar-refractivity contribution in [2.45, 2.75) is 32.2 Å². The van der Waals surface area contributed by atoms with Crippen LogP contribution >= 0.6 is 23.2 Å². The first kappa shape index (κ1) is 24.9. The molecule has 1 aliphatic heterocycles. The topological polar surface area (TPSA) is 71.5 Å². The van der Waals surface area contributed by atoms with Crippen molar-refractivity contribution in [1.82, 2.24) is 10.3 Å². The Morgan fingerprint density at radius 2 is 1.89 bits per heavy atom. The number of aryl methyl sites for hydroxylation is 1. The van der Waals surface area contributed by atoms with E-state index in [9.17, 15) is 14.0 Å². The summed E-state index contributed by atoms with van der Waals surface area (Å²) in [5, 5.41) is 3.82. The van der Waals surface area contributed by atoms with E-state index in [0.29, 0.717) is 40.0 Å². The van der Waals surface area contributed by atoms with Gasteiger partial charge in [0.05, 0.1) is 39.8 Å². The van der Waals surface area contributed by atoms with Crippen LogP contribution in [0.3, 0.4) is 0 Å². The lowest BCUT2D eigenvalue weighted by Crippen LogP contribution is -2.37. The van der Waals surface area contributed by atoms with E-state index in [1.807, 2.05) is 19.1 Å². The molecule has 4 rings (SSSR count). The predicted molar refractivity (Wildman–Crippen MR) is 134 cm³/mol. The van der Waals surface area contributed by atoms with Gasteiger partial charge < -0.3 is 10.1 Å². The number of carbonyl (C=O) groups is 2. The fourth-order valence-electron chi connectivity index (χ4n) is 3.88. The molecule has 182 valence electrons. The lowest BCUT2D eigenvalue weighted by Gasteiger charge is -2.29. The van der Waals surface area contributed by atoms with Crippen molar-refractivity contribution in [3.8, 4) is 0 Å². The molecule has 0 saturated heterocycles. The molecular formula is C26H24Cl2FN3O3. The van der Waals surface area contributed by atoms with Crippen LogP contribution in [0.1, 0.15) is 46.7 Å². The maximum Gasteiger partial charge on any atom is 0.414 e. The second-order valence-corrected chi connectivity index (χ2v) is 9.09.